The fraction of sp³-hybridized carbons (Fsp3) is 0.625. The van der Waals surface area contributed by atoms with Crippen LogP contribution in [0.3, 0.4) is 0 Å². The van der Waals surface area contributed by atoms with Gasteiger partial charge in [-0.05, 0) is 51.5 Å². The molecule has 0 radical (unpaired) electrons. The molecule has 34 heavy (non-hydrogen) atoms. The van der Waals surface area contributed by atoms with Gasteiger partial charge in [0.2, 0.25) is 14.1 Å². The first-order valence-electron chi connectivity index (χ1n) is 11.9. The van der Waals surface area contributed by atoms with Crippen molar-refractivity contribution in [3.63, 3.8) is 0 Å². The molecule has 0 amide bonds. The highest BCUT2D eigenvalue weighted by Crippen LogP contribution is 2.46. The van der Waals surface area contributed by atoms with Crippen LogP contribution in [-0.4, -0.2) is 47.9 Å². The minimum Gasteiger partial charge on any atom is -0.413 e. The molecule has 10 heteroatoms. The summed E-state index contributed by atoms with van der Waals surface area (Å²) in [4.78, 5) is 22.1. The summed E-state index contributed by atoms with van der Waals surface area (Å²) in [7, 11) is -2.08. The number of hydrogen-bond acceptors (Lipinski definition) is 7. The average Bonchev–Trinajstić information content (AvgIpc) is 3.32. The highest BCUT2D eigenvalue weighted by molar-refractivity contribution is 9.10. The predicted molar refractivity (Wildman–Crippen MR) is 146 cm³/mol. The molecule has 0 bridgehead atoms. The van der Waals surface area contributed by atoms with Gasteiger partial charge in [0.1, 0.15) is 16.5 Å². The van der Waals surface area contributed by atoms with Crippen molar-refractivity contribution < 1.29 is 14.3 Å². The van der Waals surface area contributed by atoms with Crippen LogP contribution in [0.4, 0.5) is 5.82 Å². The Kier molecular flexibility index (Phi) is 9.36. The maximum Gasteiger partial charge on any atom is 0.208 e. The third-order valence-electron chi connectivity index (χ3n) is 7.09. The molecular weight excluding hydrogens is 554 g/mol. The summed E-state index contributed by atoms with van der Waals surface area (Å²) in [6, 6.07) is 1.77. The molecule has 0 unspecified atom stereocenters. The number of anilines is 1. The molecule has 1 fully saturated rings. The molecule has 1 saturated carbocycles. The van der Waals surface area contributed by atoms with Crippen LogP contribution in [0.1, 0.15) is 69.6 Å². The molecule has 6 nitrogen and oxygen atoms in total. The molecule has 2 aromatic heterocycles. The first kappa shape index (κ1) is 27.7. The topological polar surface area (TPSA) is 84.3 Å². The molecule has 1 aliphatic rings. The van der Waals surface area contributed by atoms with Gasteiger partial charge in [0, 0.05) is 29.2 Å². The Hall–Kier alpha value is -0.843. The van der Waals surface area contributed by atoms with E-state index in [1.165, 1.54) is 17.7 Å². The highest BCUT2D eigenvalue weighted by atomic mass is 79.9. The van der Waals surface area contributed by atoms with Crippen molar-refractivity contribution >= 4 is 58.8 Å². The largest absolute Gasteiger partial charge is 0.413 e. The Labute approximate surface area is 221 Å². The Morgan fingerprint density at radius 3 is 2.44 bits per heavy atom. The smallest absolute Gasteiger partial charge is 0.208 e. The van der Waals surface area contributed by atoms with Crippen molar-refractivity contribution in [2.45, 2.75) is 83.2 Å². The van der Waals surface area contributed by atoms with E-state index in [-0.39, 0.29) is 30.5 Å². The zero-order chi connectivity index (χ0) is 25.2. The van der Waals surface area contributed by atoms with Gasteiger partial charge in [0.15, 0.2) is 0 Å². The maximum atomic E-state index is 13.2. The third-order valence-corrected chi connectivity index (χ3v) is 15.7. The number of thiophene rings is 1. The van der Waals surface area contributed by atoms with Crippen LogP contribution < -0.4 is 5.32 Å². The lowest BCUT2D eigenvalue weighted by molar-refractivity contribution is 0.0941. The SMILES string of the molecule is CC(C)[Si](O[C@H]1C[C@H](Nc2ncncc2C(=O)c2cc(Br)c(Cl)s2)C[C@@H]1CO)(C(C)C)C(C)C. The Morgan fingerprint density at radius 2 is 1.91 bits per heavy atom. The normalized spacial score (nSPS) is 21.1. The standard InChI is InChI=1S/C24H35BrClN3O3SSi/c1-13(2)34(14(3)4,15(5)6)32-20-8-17(7-16(20)11-30)29-24-18(10-27-12-28-24)22(31)21-9-19(25)23(26)33-21/h9-10,12-17,20,30H,7-8,11H2,1-6H3,(H,27,28,29)/t16-,17-,20+/m1/s1. The van der Waals surface area contributed by atoms with E-state index in [9.17, 15) is 9.90 Å². The summed E-state index contributed by atoms with van der Waals surface area (Å²) < 4.78 is 8.27. The number of rotatable bonds is 10. The van der Waals surface area contributed by atoms with Crippen molar-refractivity contribution in [2.24, 2.45) is 5.92 Å². The van der Waals surface area contributed by atoms with Crippen LogP contribution in [0.5, 0.6) is 0 Å². The number of aromatic nitrogens is 2. The Bertz CT molecular complexity index is 962. The van der Waals surface area contributed by atoms with E-state index >= 15 is 0 Å². The highest BCUT2D eigenvalue weighted by Gasteiger charge is 2.49. The summed E-state index contributed by atoms with van der Waals surface area (Å²) in [5.74, 6) is 0.382. The summed E-state index contributed by atoms with van der Waals surface area (Å²) in [6.07, 6.45) is 4.49. The predicted octanol–water partition coefficient (Wildman–Crippen LogP) is 6.93. The number of hydrogen-bond donors (Lipinski definition) is 2. The summed E-state index contributed by atoms with van der Waals surface area (Å²) in [5, 5.41) is 13.6. The van der Waals surface area contributed by atoms with E-state index in [1.54, 1.807) is 12.3 Å². The van der Waals surface area contributed by atoms with E-state index < -0.39 is 8.32 Å². The quantitative estimate of drug-likeness (QED) is 0.231. The van der Waals surface area contributed by atoms with E-state index in [0.29, 0.717) is 41.7 Å². The number of carbonyl (C=O) groups excluding carboxylic acids is 1. The van der Waals surface area contributed by atoms with Crippen LogP contribution in [0.15, 0.2) is 23.1 Å². The monoisotopic (exact) mass is 587 g/mol. The van der Waals surface area contributed by atoms with Crippen molar-refractivity contribution in [2.75, 3.05) is 11.9 Å². The van der Waals surface area contributed by atoms with Crippen LogP contribution in [-0.2, 0) is 4.43 Å². The molecule has 3 atom stereocenters. The summed E-state index contributed by atoms with van der Waals surface area (Å²) in [5.41, 5.74) is 1.83. The molecule has 0 saturated heterocycles. The lowest BCUT2D eigenvalue weighted by Gasteiger charge is -2.45. The maximum absolute atomic E-state index is 13.2. The third kappa shape index (κ3) is 5.60. The van der Waals surface area contributed by atoms with Crippen molar-refractivity contribution in [1.29, 1.82) is 0 Å². The van der Waals surface area contributed by atoms with Gasteiger partial charge in [-0.15, -0.1) is 11.3 Å². The molecule has 0 aromatic carbocycles. The Morgan fingerprint density at radius 1 is 1.26 bits per heavy atom. The van der Waals surface area contributed by atoms with Gasteiger partial charge < -0.3 is 14.8 Å². The molecule has 0 aliphatic heterocycles. The second kappa shape index (κ2) is 11.5. The van der Waals surface area contributed by atoms with Gasteiger partial charge in [0.05, 0.1) is 16.5 Å². The zero-order valence-electron chi connectivity index (χ0n) is 20.6. The van der Waals surface area contributed by atoms with Gasteiger partial charge in [-0.2, -0.15) is 0 Å². The van der Waals surface area contributed by atoms with E-state index in [2.05, 4.69) is 72.8 Å². The number of carbonyl (C=O) groups is 1. The fourth-order valence-electron chi connectivity index (χ4n) is 5.61. The molecule has 1 aliphatic carbocycles. The van der Waals surface area contributed by atoms with Crippen LogP contribution >= 0.6 is 38.9 Å². The molecule has 3 rings (SSSR count). The van der Waals surface area contributed by atoms with E-state index in [4.69, 9.17) is 16.0 Å². The fourth-order valence-corrected chi connectivity index (χ4v) is 12.9. The molecule has 0 spiro atoms. The summed E-state index contributed by atoms with van der Waals surface area (Å²) >= 11 is 10.7. The van der Waals surface area contributed by atoms with Crippen molar-refractivity contribution in [3.05, 3.63) is 37.8 Å². The van der Waals surface area contributed by atoms with Gasteiger partial charge >= 0.3 is 0 Å². The van der Waals surface area contributed by atoms with Crippen LogP contribution in [0, 0.1) is 5.92 Å². The average molecular weight is 589 g/mol. The number of nitrogens with zero attached hydrogens (tertiary/aromatic N) is 2. The minimum absolute atomic E-state index is 0.0191. The van der Waals surface area contributed by atoms with Gasteiger partial charge in [-0.3, -0.25) is 4.79 Å². The van der Waals surface area contributed by atoms with E-state index in [1.807, 2.05) is 0 Å². The zero-order valence-corrected chi connectivity index (χ0v) is 24.8. The molecule has 2 N–H and O–H groups in total. The van der Waals surface area contributed by atoms with Crippen molar-refractivity contribution in [1.82, 2.24) is 9.97 Å². The lowest BCUT2D eigenvalue weighted by Crippen LogP contribution is -2.51. The van der Waals surface area contributed by atoms with Crippen LogP contribution in [0.2, 0.25) is 21.0 Å². The lowest BCUT2D eigenvalue weighted by atomic mass is 10.1. The van der Waals surface area contributed by atoms with Crippen molar-refractivity contribution in [3.8, 4) is 0 Å². The first-order chi connectivity index (χ1) is 16.0. The number of aliphatic hydroxyl groups is 1. The molecule has 2 aromatic rings. The number of nitrogens with one attached hydrogen (secondary N) is 1. The number of aliphatic hydroxyl groups excluding tert-OH is 1. The van der Waals surface area contributed by atoms with Crippen LogP contribution in [0.25, 0.3) is 0 Å². The van der Waals surface area contributed by atoms with Gasteiger partial charge in [-0.25, -0.2) is 9.97 Å². The molecule has 188 valence electrons. The first-order valence-corrected chi connectivity index (χ1v) is 16.0. The number of halogens is 2. The van der Waals surface area contributed by atoms with Gasteiger partial charge in [-0.1, -0.05) is 53.1 Å². The van der Waals surface area contributed by atoms with E-state index in [0.717, 1.165) is 12.8 Å². The van der Waals surface area contributed by atoms with Gasteiger partial charge in [0.25, 0.3) is 0 Å². The Balaban J connectivity index is 1.81. The molecule has 2 heterocycles. The second-order valence-electron chi connectivity index (χ2n) is 10.1. The minimum atomic E-state index is -2.08. The molecular formula is C24H35BrClN3O3SSi. The second-order valence-corrected chi connectivity index (χ2v) is 18.0. The summed E-state index contributed by atoms with van der Waals surface area (Å²) in [6.45, 7) is 13.7. The number of ketones is 1.